The van der Waals surface area contributed by atoms with Crippen LogP contribution < -0.4 is 4.74 Å². The van der Waals surface area contributed by atoms with Crippen molar-refractivity contribution in [3.05, 3.63) is 47.0 Å². The van der Waals surface area contributed by atoms with Crippen LogP contribution in [-0.4, -0.2) is 44.0 Å². The monoisotopic (exact) mass is 464 g/mol. The smallest absolute Gasteiger partial charge is 0.215 e. The van der Waals surface area contributed by atoms with Gasteiger partial charge in [-0.25, -0.2) is 14.4 Å². The first-order valence-corrected chi connectivity index (χ1v) is 14.6. The van der Waals surface area contributed by atoms with Gasteiger partial charge >= 0.3 is 0 Å². The molecule has 8 heteroatoms. The van der Waals surface area contributed by atoms with E-state index in [4.69, 9.17) is 9.16 Å². The van der Waals surface area contributed by atoms with Crippen molar-refractivity contribution < 1.29 is 18.3 Å². The molecule has 1 aromatic heterocycles. The Morgan fingerprint density at radius 2 is 1.94 bits per heavy atom. The molecule has 1 heterocycles. The van der Waals surface area contributed by atoms with Gasteiger partial charge in [-0.3, -0.25) is 4.79 Å². The summed E-state index contributed by atoms with van der Waals surface area (Å²) in [5.74, 6) is -0.548. The van der Waals surface area contributed by atoms with Crippen LogP contribution in [0.25, 0.3) is 0 Å². The Labute approximate surface area is 190 Å². The Hall–Kier alpha value is -1.77. The summed E-state index contributed by atoms with van der Waals surface area (Å²) in [4.78, 5) is 22.0. The van der Waals surface area contributed by atoms with Crippen LogP contribution >= 0.6 is 11.8 Å². The number of hydrogen-bond acceptors (Lipinski definition) is 6. The fraction of sp³-hybridized carbons (Fsp3) is 0.522. The lowest BCUT2D eigenvalue weighted by Crippen LogP contribution is -2.40. The highest BCUT2D eigenvalue weighted by molar-refractivity contribution is 7.98. The molecule has 0 aliphatic rings. The Bertz CT molecular complexity index is 916. The number of aryl methyl sites for hydroxylation is 1. The van der Waals surface area contributed by atoms with Gasteiger partial charge in [-0.2, -0.15) is 0 Å². The van der Waals surface area contributed by atoms with Gasteiger partial charge in [0.1, 0.15) is 17.3 Å². The number of methoxy groups -OCH3 is 1. The molecule has 0 atom stereocenters. The van der Waals surface area contributed by atoms with Crippen molar-refractivity contribution >= 4 is 25.9 Å². The van der Waals surface area contributed by atoms with Gasteiger partial charge in [-0.05, 0) is 55.8 Å². The fourth-order valence-corrected chi connectivity index (χ4v) is 4.24. The highest BCUT2D eigenvalue weighted by Crippen LogP contribution is 2.36. The summed E-state index contributed by atoms with van der Waals surface area (Å²) < 4.78 is 25.0. The quantitative estimate of drug-likeness (QED) is 0.143. The topological polar surface area (TPSA) is 61.3 Å². The number of rotatable bonds is 10. The molecule has 170 valence electrons. The van der Waals surface area contributed by atoms with Gasteiger partial charge in [0.15, 0.2) is 13.5 Å². The van der Waals surface area contributed by atoms with Crippen LogP contribution in [0.15, 0.2) is 29.6 Å². The van der Waals surface area contributed by atoms with E-state index in [0.29, 0.717) is 23.9 Å². The summed E-state index contributed by atoms with van der Waals surface area (Å²) in [6, 6.07) is 3.90. The third kappa shape index (κ3) is 6.60. The third-order valence-corrected chi connectivity index (χ3v) is 10.9. The van der Waals surface area contributed by atoms with E-state index in [1.807, 2.05) is 6.26 Å². The van der Waals surface area contributed by atoms with E-state index in [9.17, 15) is 9.18 Å². The predicted molar refractivity (Wildman–Crippen MR) is 126 cm³/mol. The number of benzene rings is 1. The number of ketones is 1. The SMILES string of the molecule is COc1cc(F)ccc1C(=O)c1nc(SC)ncc1CCCCO[Si](C)(C)C(C)(C)C. The minimum Gasteiger partial charge on any atom is -0.496 e. The Morgan fingerprint density at radius 1 is 1.23 bits per heavy atom. The zero-order valence-electron chi connectivity index (χ0n) is 19.5. The summed E-state index contributed by atoms with van der Waals surface area (Å²) in [7, 11) is -0.342. The highest BCUT2D eigenvalue weighted by atomic mass is 32.2. The van der Waals surface area contributed by atoms with Gasteiger partial charge < -0.3 is 9.16 Å². The molecular formula is C23H33FN2O3SSi. The molecule has 0 spiro atoms. The van der Waals surface area contributed by atoms with E-state index in [1.165, 1.54) is 37.1 Å². The molecule has 0 radical (unpaired) electrons. The number of unbranched alkanes of at least 4 members (excludes halogenated alkanes) is 1. The number of carbonyl (C=O) groups excluding carboxylic acids is 1. The van der Waals surface area contributed by atoms with Crippen LogP contribution in [0.2, 0.25) is 18.1 Å². The van der Waals surface area contributed by atoms with Crippen LogP contribution in [0.5, 0.6) is 5.75 Å². The molecule has 0 fully saturated rings. The largest absolute Gasteiger partial charge is 0.496 e. The lowest BCUT2D eigenvalue weighted by Gasteiger charge is -2.36. The van der Waals surface area contributed by atoms with Gasteiger partial charge in [-0.1, -0.05) is 32.5 Å². The second-order valence-corrected chi connectivity index (χ2v) is 14.6. The number of hydrogen-bond donors (Lipinski definition) is 0. The van der Waals surface area contributed by atoms with Crippen LogP contribution in [0.3, 0.4) is 0 Å². The molecule has 0 bridgehead atoms. The number of ether oxygens (including phenoxy) is 1. The van der Waals surface area contributed by atoms with E-state index < -0.39 is 14.1 Å². The number of aromatic nitrogens is 2. The molecule has 1 aromatic carbocycles. The van der Waals surface area contributed by atoms with Gasteiger partial charge in [0, 0.05) is 24.4 Å². The first-order chi connectivity index (χ1) is 14.5. The van der Waals surface area contributed by atoms with Crippen molar-refractivity contribution in [1.82, 2.24) is 9.97 Å². The van der Waals surface area contributed by atoms with Crippen LogP contribution in [0, 0.1) is 5.82 Å². The van der Waals surface area contributed by atoms with E-state index in [0.717, 1.165) is 18.4 Å². The summed E-state index contributed by atoms with van der Waals surface area (Å²) in [5.41, 5.74) is 1.41. The Kier molecular flexibility index (Phi) is 8.80. The van der Waals surface area contributed by atoms with Crippen LogP contribution in [0.1, 0.15) is 55.2 Å². The Morgan fingerprint density at radius 3 is 2.55 bits per heavy atom. The summed E-state index contributed by atoms with van der Waals surface area (Å²) >= 11 is 1.37. The molecule has 0 N–H and O–H groups in total. The van der Waals surface area contributed by atoms with Gasteiger partial charge in [-0.15, -0.1) is 0 Å². The predicted octanol–water partition coefficient (Wildman–Crippen LogP) is 5.92. The molecule has 0 aliphatic carbocycles. The number of thioether (sulfide) groups is 1. The standard InChI is InChI=1S/C23H33FN2O3SSi/c1-23(2,3)31(6,7)29-13-9-8-10-16-15-25-22(30-5)26-20(16)21(27)18-12-11-17(24)14-19(18)28-4/h11-12,14-15H,8-10,13H2,1-7H3. The van der Waals surface area contributed by atoms with Crippen molar-refractivity contribution in [2.45, 2.75) is 63.3 Å². The van der Waals surface area contributed by atoms with Crippen molar-refractivity contribution in [3.8, 4) is 5.75 Å². The second kappa shape index (κ2) is 10.7. The van der Waals surface area contributed by atoms with Gasteiger partial charge in [0.05, 0.1) is 12.7 Å². The first-order valence-electron chi connectivity index (χ1n) is 10.4. The third-order valence-electron chi connectivity index (χ3n) is 5.76. The number of nitrogens with zero attached hydrogens (tertiary/aromatic N) is 2. The average Bonchev–Trinajstić information content (AvgIpc) is 2.72. The number of carbonyl (C=O) groups is 1. The summed E-state index contributed by atoms with van der Waals surface area (Å²) in [6.07, 6.45) is 6.00. The maximum atomic E-state index is 13.6. The van der Waals surface area contributed by atoms with E-state index in [2.05, 4.69) is 43.8 Å². The molecule has 2 rings (SSSR count). The van der Waals surface area contributed by atoms with Crippen molar-refractivity contribution in [1.29, 1.82) is 0 Å². The molecule has 0 aliphatic heterocycles. The van der Waals surface area contributed by atoms with Crippen molar-refractivity contribution in [3.63, 3.8) is 0 Å². The molecule has 0 saturated carbocycles. The lowest BCUT2D eigenvalue weighted by atomic mass is 10.0. The zero-order valence-corrected chi connectivity index (χ0v) is 21.4. The molecule has 2 aromatic rings. The molecule has 0 unspecified atom stereocenters. The maximum absolute atomic E-state index is 13.6. The van der Waals surface area contributed by atoms with Crippen molar-refractivity contribution in [2.24, 2.45) is 0 Å². The normalized spacial score (nSPS) is 12.1. The molecular weight excluding hydrogens is 431 g/mol. The van der Waals surface area contributed by atoms with E-state index in [1.54, 1.807) is 6.20 Å². The molecule has 5 nitrogen and oxygen atoms in total. The minimum atomic E-state index is -1.76. The van der Waals surface area contributed by atoms with Crippen molar-refractivity contribution in [2.75, 3.05) is 20.0 Å². The fourth-order valence-electron chi connectivity index (χ4n) is 2.81. The summed E-state index contributed by atoms with van der Waals surface area (Å²) in [6.45, 7) is 11.9. The first kappa shape index (κ1) is 25.5. The van der Waals surface area contributed by atoms with Crippen LogP contribution in [-0.2, 0) is 10.8 Å². The number of halogens is 1. The second-order valence-electron chi connectivity index (χ2n) is 8.97. The lowest BCUT2D eigenvalue weighted by molar-refractivity contribution is 0.102. The van der Waals surface area contributed by atoms with E-state index in [-0.39, 0.29) is 22.1 Å². The van der Waals surface area contributed by atoms with Gasteiger partial charge in [0.2, 0.25) is 5.78 Å². The summed E-state index contributed by atoms with van der Waals surface area (Å²) in [5, 5.41) is 0.705. The molecule has 0 saturated heterocycles. The average molecular weight is 465 g/mol. The molecule has 0 amide bonds. The maximum Gasteiger partial charge on any atom is 0.215 e. The Balaban J connectivity index is 2.14. The van der Waals surface area contributed by atoms with E-state index >= 15 is 0 Å². The highest BCUT2D eigenvalue weighted by Gasteiger charge is 2.36. The van der Waals surface area contributed by atoms with Gasteiger partial charge in [0.25, 0.3) is 0 Å². The van der Waals surface area contributed by atoms with Crippen LogP contribution in [0.4, 0.5) is 4.39 Å². The molecule has 31 heavy (non-hydrogen) atoms. The zero-order chi connectivity index (χ0) is 23.2. The minimum absolute atomic E-state index is 0.183.